The van der Waals surface area contributed by atoms with Crippen LogP contribution in [0.4, 0.5) is 5.82 Å². The molecule has 0 unspecified atom stereocenters. The number of rotatable bonds is 4. The molecule has 31 heavy (non-hydrogen) atoms. The molecule has 0 aliphatic carbocycles. The van der Waals surface area contributed by atoms with Crippen LogP contribution in [0, 0.1) is 0 Å². The number of nitrogens with zero attached hydrogens (tertiary/aromatic N) is 5. The molecule has 1 aliphatic heterocycles. The molecule has 1 amide bonds. The molecule has 0 atom stereocenters. The van der Waals surface area contributed by atoms with Crippen LogP contribution in [0.3, 0.4) is 0 Å². The number of aryl methyl sites for hydroxylation is 1. The largest absolute Gasteiger partial charge is 0.353 e. The van der Waals surface area contributed by atoms with Gasteiger partial charge in [0, 0.05) is 54.9 Å². The molecule has 156 valence electrons. The van der Waals surface area contributed by atoms with E-state index in [1.807, 2.05) is 47.5 Å². The van der Waals surface area contributed by atoms with Gasteiger partial charge in [-0.1, -0.05) is 31.2 Å². The average Bonchev–Trinajstić information content (AvgIpc) is 3.33. The fourth-order valence-corrected chi connectivity index (χ4v) is 4.77. The van der Waals surface area contributed by atoms with Crippen molar-refractivity contribution in [2.24, 2.45) is 0 Å². The van der Waals surface area contributed by atoms with Gasteiger partial charge in [-0.3, -0.25) is 9.78 Å². The molecule has 1 aliphatic rings. The van der Waals surface area contributed by atoms with Gasteiger partial charge in [0.1, 0.15) is 16.5 Å². The molecule has 1 aromatic carbocycles. The Morgan fingerprint density at radius 3 is 2.61 bits per heavy atom. The van der Waals surface area contributed by atoms with Gasteiger partial charge in [0.25, 0.3) is 5.91 Å². The lowest BCUT2D eigenvalue weighted by molar-refractivity contribution is 0.0743. The highest BCUT2D eigenvalue weighted by atomic mass is 32.1. The van der Waals surface area contributed by atoms with E-state index in [1.165, 1.54) is 0 Å². The molecule has 0 N–H and O–H groups in total. The van der Waals surface area contributed by atoms with E-state index in [4.69, 9.17) is 0 Å². The number of aromatic nitrogens is 3. The van der Waals surface area contributed by atoms with Gasteiger partial charge in [-0.2, -0.15) is 0 Å². The number of benzene rings is 1. The second-order valence-corrected chi connectivity index (χ2v) is 8.42. The molecule has 0 radical (unpaired) electrons. The first-order valence-corrected chi connectivity index (χ1v) is 11.4. The Kier molecular flexibility index (Phi) is 5.34. The third-order valence-corrected chi connectivity index (χ3v) is 6.62. The quantitative estimate of drug-likeness (QED) is 0.485. The van der Waals surface area contributed by atoms with Gasteiger partial charge in [0.15, 0.2) is 0 Å². The number of carbonyl (C=O) groups excluding carboxylic acids is 1. The van der Waals surface area contributed by atoms with E-state index in [2.05, 4.69) is 38.2 Å². The van der Waals surface area contributed by atoms with Crippen LogP contribution >= 0.6 is 11.3 Å². The lowest BCUT2D eigenvalue weighted by Crippen LogP contribution is -2.49. The van der Waals surface area contributed by atoms with Crippen LogP contribution in [0.25, 0.3) is 21.3 Å². The predicted octanol–water partition coefficient (Wildman–Crippen LogP) is 4.28. The monoisotopic (exact) mass is 429 g/mol. The summed E-state index contributed by atoms with van der Waals surface area (Å²) in [5.41, 5.74) is 2.69. The Balaban J connectivity index is 1.26. The van der Waals surface area contributed by atoms with Crippen LogP contribution < -0.4 is 4.90 Å². The number of hydrogen-bond donors (Lipinski definition) is 0. The first-order chi connectivity index (χ1) is 15.2. The number of anilines is 1. The van der Waals surface area contributed by atoms with Gasteiger partial charge in [0.05, 0.1) is 5.69 Å². The Morgan fingerprint density at radius 1 is 1.03 bits per heavy atom. The molecule has 0 spiro atoms. The van der Waals surface area contributed by atoms with Crippen molar-refractivity contribution in [2.45, 2.75) is 13.3 Å². The summed E-state index contributed by atoms with van der Waals surface area (Å²) in [5, 5.41) is 5.05. The van der Waals surface area contributed by atoms with Crippen LogP contribution in [0.5, 0.6) is 0 Å². The molecule has 1 saturated heterocycles. The van der Waals surface area contributed by atoms with E-state index in [0.29, 0.717) is 18.8 Å². The predicted molar refractivity (Wildman–Crippen MR) is 125 cm³/mol. The lowest BCUT2D eigenvalue weighted by Gasteiger charge is -2.35. The van der Waals surface area contributed by atoms with E-state index in [9.17, 15) is 4.79 Å². The number of amides is 1. The number of pyridine rings is 2. The summed E-state index contributed by atoms with van der Waals surface area (Å²) in [6.07, 6.45) is 4.55. The van der Waals surface area contributed by atoms with E-state index >= 15 is 0 Å². The summed E-state index contributed by atoms with van der Waals surface area (Å²) in [7, 11) is 0. The number of hydrogen-bond acceptors (Lipinski definition) is 6. The van der Waals surface area contributed by atoms with Crippen LogP contribution in [-0.4, -0.2) is 51.9 Å². The molecule has 3 aromatic heterocycles. The topological polar surface area (TPSA) is 62.2 Å². The maximum absolute atomic E-state index is 13.1. The molecule has 1 fully saturated rings. The van der Waals surface area contributed by atoms with Crippen LogP contribution in [-0.2, 0) is 6.42 Å². The zero-order chi connectivity index (χ0) is 21.2. The van der Waals surface area contributed by atoms with Gasteiger partial charge in [-0.15, -0.1) is 11.3 Å². The molecule has 0 saturated carbocycles. The molecular formula is C24H23N5OS. The second-order valence-electron chi connectivity index (χ2n) is 7.56. The molecule has 5 rings (SSSR count). The van der Waals surface area contributed by atoms with Crippen molar-refractivity contribution in [3.05, 3.63) is 71.6 Å². The van der Waals surface area contributed by atoms with Crippen LogP contribution in [0.1, 0.15) is 23.1 Å². The molecule has 4 heterocycles. The van der Waals surface area contributed by atoms with Gasteiger partial charge in [-0.05, 0) is 30.0 Å². The SMILES string of the molecule is CCc1csc(-c2ccc(N3CCN(C(=O)c4nccc5ccccc45)CC3)nc2)n1. The lowest BCUT2D eigenvalue weighted by atomic mass is 10.1. The minimum Gasteiger partial charge on any atom is -0.353 e. The fraction of sp³-hybridized carbons (Fsp3) is 0.250. The smallest absolute Gasteiger partial charge is 0.273 e. The Bertz CT molecular complexity index is 1210. The van der Waals surface area contributed by atoms with Crippen molar-refractivity contribution >= 4 is 33.8 Å². The summed E-state index contributed by atoms with van der Waals surface area (Å²) in [6, 6.07) is 14.0. The minimum atomic E-state index is -0.00439. The van der Waals surface area contributed by atoms with Crippen molar-refractivity contribution in [3.8, 4) is 10.6 Å². The van der Waals surface area contributed by atoms with Crippen LogP contribution in [0.15, 0.2) is 60.2 Å². The van der Waals surface area contributed by atoms with Crippen LogP contribution in [0.2, 0.25) is 0 Å². The van der Waals surface area contributed by atoms with Gasteiger partial charge < -0.3 is 9.80 Å². The minimum absolute atomic E-state index is 0.00439. The molecule has 0 bridgehead atoms. The zero-order valence-electron chi connectivity index (χ0n) is 17.4. The number of thiazole rings is 1. The summed E-state index contributed by atoms with van der Waals surface area (Å²) < 4.78 is 0. The summed E-state index contributed by atoms with van der Waals surface area (Å²) in [5.74, 6) is 0.932. The van der Waals surface area contributed by atoms with E-state index < -0.39 is 0 Å². The van der Waals surface area contributed by atoms with Gasteiger partial charge in [-0.25, -0.2) is 9.97 Å². The summed E-state index contributed by atoms with van der Waals surface area (Å²) >= 11 is 1.66. The van der Waals surface area contributed by atoms with E-state index in [0.717, 1.165) is 52.4 Å². The summed E-state index contributed by atoms with van der Waals surface area (Å²) in [6.45, 7) is 4.92. The Morgan fingerprint density at radius 2 is 1.87 bits per heavy atom. The Hall–Kier alpha value is -3.32. The van der Waals surface area contributed by atoms with Crippen molar-refractivity contribution in [1.82, 2.24) is 19.9 Å². The maximum Gasteiger partial charge on any atom is 0.273 e. The van der Waals surface area contributed by atoms with Crippen molar-refractivity contribution in [2.75, 3.05) is 31.1 Å². The fourth-order valence-electron chi connectivity index (χ4n) is 3.88. The maximum atomic E-state index is 13.1. The van der Waals surface area contributed by atoms with Crippen molar-refractivity contribution in [3.63, 3.8) is 0 Å². The first-order valence-electron chi connectivity index (χ1n) is 10.5. The average molecular weight is 430 g/mol. The van der Waals surface area contributed by atoms with E-state index in [1.54, 1.807) is 17.5 Å². The van der Waals surface area contributed by atoms with Gasteiger partial charge >= 0.3 is 0 Å². The second kappa shape index (κ2) is 8.43. The van der Waals surface area contributed by atoms with Crippen molar-refractivity contribution < 1.29 is 4.79 Å². The summed E-state index contributed by atoms with van der Waals surface area (Å²) in [4.78, 5) is 30.9. The van der Waals surface area contributed by atoms with Crippen molar-refractivity contribution in [1.29, 1.82) is 0 Å². The van der Waals surface area contributed by atoms with E-state index in [-0.39, 0.29) is 5.91 Å². The Labute approximate surface area is 185 Å². The number of piperazine rings is 1. The normalized spacial score (nSPS) is 14.2. The number of carbonyl (C=O) groups is 1. The zero-order valence-corrected chi connectivity index (χ0v) is 18.2. The van der Waals surface area contributed by atoms with Gasteiger partial charge in [0.2, 0.25) is 0 Å². The number of fused-ring (bicyclic) bond motifs is 1. The third-order valence-electron chi connectivity index (χ3n) is 5.68. The molecule has 7 heteroatoms. The standard InChI is InChI=1S/C24H23N5OS/c1-2-19-16-31-23(27-19)18-7-8-21(26-15-18)28-11-13-29(14-12-28)24(30)22-20-6-4-3-5-17(20)9-10-25-22/h3-10,15-16H,2,11-14H2,1H3. The molecule has 6 nitrogen and oxygen atoms in total. The molecule has 4 aromatic rings. The first kappa shape index (κ1) is 19.6. The highest BCUT2D eigenvalue weighted by Crippen LogP contribution is 2.25. The highest BCUT2D eigenvalue weighted by Gasteiger charge is 2.24. The molecular weight excluding hydrogens is 406 g/mol. The third kappa shape index (κ3) is 3.88. The highest BCUT2D eigenvalue weighted by molar-refractivity contribution is 7.13.